The largest absolute Gasteiger partial charge is 0.454 e. The van der Waals surface area contributed by atoms with Gasteiger partial charge in [-0.15, -0.1) is 0 Å². The molecule has 3 heteroatoms. The number of hydrogen-bond acceptors (Lipinski definition) is 2. The molecule has 0 radical (unpaired) electrons. The van der Waals surface area contributed by atoms with Crippen LogP contribution in [-0.2, 0) is 16.8 Å². The Morgan fingerprint density at radius 3 is 2.30 bits per heavy atom. The fraction of sp³-hybridized carbons (Fsp3) is 0.185. The van der Waals surface area contributed by atoms with Crippen molar-refractivity contribution >= 4 is 10.8 Å². The van der Waals surface area contributed by atoms with E-state index in [0.29, 0.717) is 19.0 Å². The molecule has 30 heavy (non-hydrogen) atoms. The van der Waals surface area contributed by atoms with Gasteiger partial charge in [-0.1, -0.05) is 80.6 Å². The van der Waals surface area contributed by atoms with Gasteiger partial charge in [-0.05, 0) is 46.2 Å². The Balaban J connectivity index is 1.42. The van der Waals surface area contributed by atoms with Gasteiger partial charge >= 0.3 is 0 Å². The van der Waals surface area contributed by atoms with Crippen LogP contribution in [0.15, 0.2) is 91.0 Å². The van der Waals surface area contributed by atoms with E-state index in [-0.39, 0.29) is 17.0 Å². The Morgan fingerprint density at radius 1 is 0.767 bits per heavy atom. The maximum Gasteiger partial charge on any atom is 0.165 e. The van der Waals surface area contributed by atoms with Gasteiger partial charge in [0.2, 0.25) is 0 Å². The summed E-state index contributed by atoms with van der Waals surface area (Å²) in [7, 11) is 0. The number of fused-ring (bicyclic) bond motifs is 1. The van der Waals surface area contributed by atoms with Crippen molar-refractivity contribution in [3.05, 3.63) is 108 Å². The Labute approximate surface area is 176 Å². The maximum absolute atomic E-state index is 14.1. The molecule has 0 aliphatic heterocycles. The van der Waals surface area contributed by atoms with Gasteiger partial charge in [0, 0.05) is 5.41 Å². The summed E-state index contributed by atoms with van der Waals surface area (Å²) in [5, 5.41) is 2.46. The molecule has 0 aliphatic rings. The van der Waals surface area contributed by atoms with E-state index >= 15 is 0 Å². The Bertz CT molecular complexity index is 1140. The zero-order valence-electron chi connectivity index (χ0n) is 17.3. The standard InChI is InChI=1S/C27H25FO2/c1-27(2,23-14-13-21-8-6-7-9-22(21)17-23)19-29-18-20-12-15-25(28)26(16-20)30-24-10-4-3-5-11-24/h3-17H,18-19H2,1-2H3. The third-order valence-electron chi connectivity index (χ3n) is 5.23. The van der Waals surface area contributed by atoms with Crippen LogP contribution in [0, 0.1) is 5.82 Å². The summed E-state index contributed by atoms with van der Waals surface area (Å²) in [6.07, 6.45) is 0. The fourth-order valence-corrected chi connectivity index (χ4v) is 3.45. The van der Waals surface area contributed by atoms with E-state index in [0.717, 1.165) is 5.56 Å². The molecule has 0 amide bonds. The van der Waals surface area contributed by atoms with Crippen molar-refractivity contribution in [3.63, 3.8) is 0 Å². The number of ether oxygens (including phenoxy) is 2. The van der Waals surface area contributed by atoms with Crippen LogP contribution in [0.4, 0.5) is 4.39 Å². The lowest BCUT2D eigenvalue weighted by Gasteiger charge is -2.25. The third kappa shape index (κ3) is 4.69. The Hall–Kier alpha value is -3.17. The molecular formula is C27H25FO2. The average Bonchev–Trinajstić information content (AvgIpc) is 2.76. The lowest BCUT2D eigenvalue weighted by Crippen LogP contribution is -2.24. The number of halogens is 1. The van der Waals surface area contributed by atoms with Crippen LogP contribution in [-0.4, -0.2) is 6.61 Å². The molecule has 4 aromatic rings. The molecular weight excluding hydrogens is 375 g/mol. The minimum Gasteiger partial charge on any atom is -0.454 e. The fourth-order valence-electron chi connectivity index (χ4n) is 3.45. The normalized spacial score (nSPS) is 11.6. The molecule has 4 aromatic carbocycles. The number of hydrogen-bond donors (Lipinski definition) is 0. The summed E-state index contributed by atoms with van der Waals surface area (Å²) in [4.78, 5) is 0. The van der Waals surface area contributed by atoms with Crippen molar-refractivity contribution in [2.24, 2.45) is 0 Å². The highest BCUT2D eigenvalue weighted by Gasteiger charge is 2.21. The van der Waals surface area contributed by atoms with Crippen molar-refractivity contribution in [3.8, 4) is 11.5 Å². The molecule has 0 unspecified atom stereocenters. The van der Waals surface area contributed by atoms with Gasteiger partial charge in [0.25, 0.3) is 0 Å². The van der Waals surface area contributed by atoms with Crippen molar-refractivity contribution in [1.82, 2.24) is 0 Å². The number of benzene rings is 4. The quantitative estimate of drug-likeness (QED) is 0.325. The molecule has 0 aromatic heterocycles. The van der Waals surface area contributed by atoms with Crippen molar-refractivity contribution in [1.29, 1.82) is 0 Å². The van der Waals surface area contributed by atoms with Gasteiger partial charge in [0.1, 0.15) is 5.75 Å². The summed E-state index contributed by atoms with van der Waals surface area (Å²) in [5.41, 5.74) is 1.96. The van der Waals surface area contributed by atoms with Crippen LogP contribution in [0.1, 0.15) is 25.0 Å². The van der Waals surface area contributed by atoms with Gasteiger partial charge in [0.15, 0.2) is 11.6 Å². The minimum atomic E-state index is -0.390. The Kier molecular flexibility index (Phi) is 5.82. The van der Waals surface area contributed by atoms with E-state index in [1.54, 1.807) is 24.3 Å². The highest BCUT2D eigenvalue weighted by Crippen LogP contribution is 2.29. The zero-order valence-corrected chi connectivity index (χ0v) is 17.3. The lowest BCUT2D eigenvalue weighted by molar-refractivity contribution is 0.0824. The van der Waals surface area contributed by atoms with E-state index in [4.69, 9.17) is 9.47 Å². The SMILES string of the molecule is CC(C)(COCc1ccc(F)c(Oc2ccccc2)c1)c1ccc2ccccc2c1. The van der Waals surface area contributed by atoms with Gasteiger partial charge in [-0.2, -0.15) is 0 Å². The second kappa shape index (κ2) is 8.68. The highest BCUT2D eigenvalue weighted by molar-refractivity contribution is 5.83. The van der Waals surface area contributed by atoms with Gasteiger partial charge in [-0.3, -0.25) is 0 Å². The molecule has 0 bridgehead atoms. The summed E-state index contributed by atoms with van der Waals surface area (Å²) < 4.78 is 25.8. The lowest BCUT2D eigenvalue weighted by atomic mass is 9.84. The second-order valence-electron chi connectivity index (χ2n) is 8.12. The molecule has 0 saturated carbocycles. The highest BCUT2D eigenvalue weighted by atomic mass is 19.1. The van der Waals surface area contributed by atoms with Crippen LogP contribution >= 0.6 is 0 Å². The monoisotopic (exact) mass is 400 g/mol. The molecule has 0 atom stereocenters. The number of rotatable bonds is 7. The van der Waals surface area contributed by atoms with Crippen LogP contribution in [0.25, 0.3) is 10.8 Å². The summed E-state index contributed by atoms with van der Waals surface area (Å²) in [6.45, 7) is 5.29. The van der Waals surface area contributed by atoms with Gasteiger partial charge in [-0.25, -0.2) is 4.39 Å². The van der Waals surface area contributed by atoms with Crippen molar-refractivity contribution < 1.29 is 13.9 Å². The molecule has 152 valence electrons. The first-order chi connectivity index (χ1) is 14.5. The van der Waals surface area contributed by atoms with E-state index < -0.39 is 0 Å². The molecule has 0 fully saturated rings. The van der Waals surface area contributed by atoms with E-state index in [1.807, 2.05) is 18.2 Å². The summed E-state index contributed by atoms with van der Waals surface area (Å²) in [6, 6.07) is 28.9. The van der Waals surface area contributed by atoms with Crippen LogP contribution in [0.2, 0.25) is 0 Å². The first-order valence-corrected chi connectivity index (χ1v) is 10.1. The van der Waals surface area contributed by atoms with Gasteiger partial charge in [0.05, 0.1) is 13.2 Å². The zero-order chi connectivity index (χ0) is 21.0. The molecule has 0 saturated heterocycles. The van der Waals surface area contributed by atoms with Gasteiger partial charge < -0.3 is 9.47 Å². The van der Waals surface area contributed by atoms with Crippen LogP contribution in [0.3, 0.4) is 0 Å². The van der Waals surface area contributed by atoms with Crippen molar-refractivity contribution in [2.45, 2.75) is 25.9 Å². The van der Waals surface area contributed by atoms with E-state index in [9.17, 15) is 4.39 Å². The summed E-state index contributed by atoms with van der Waals surface area (Å²) >= 11 is 0. The molecule has 0 N–H and O–H groups in total. The molecule has 0 heterocycles. The average molecular weight is 400 g/mol. The first kappa shape index (κ1) is 20.1. The van der Waals surface area contributed by atoms with Crippen molar-refractivity contribution in [2.75, 3.05) is 6.61 Å². The minimum absolute atomic E-state index is 0.145. The first-order valence-electron chi connectivity index (χ1n) is 10.1. The molecule has 0 spiro atoms. The maximum atomic E-state index is 14.1. The molecule has 0 aliphatic carbocycles. The summed E-state index contributed by atoms with van der Waals surface area (Å²) in [5.74, 6) is 0.419. The van der Waals surface area contributed by atoms with Crippen LogP contribution in [0.5, 0.6) is 11.5 Å². The third-order valence-corrected chi connectivity index (χ3v) is 5.23. The predicted molar refractivity (Wildman–Crippen MR) is 120 cm³/mol. The van der Waals surface area contributed by atoms with E-state index in [2.05, 4.69) is 56.3 Å². The second-order valence-corrected chi connectivity index (χ2v) is 8.12. The predicted octanol–water partition coefficient (Wildman–Crippen LogP) is 7.27. The number of para-hydroxylation sites is 1. The topological polar surface area (TPSA) is 18.5 Å². The molecule has 4 rings (SSSR count). The Morgan fingerprint density at radius 2 is 1.50 bits per heavy atom. The van der Waals surface area contributed by atoms with Crippen LogP contribution < -0.4 is 4.74 Å². The van der Waals surface area contributed by atoms with E-state index in [1.165, 1.54) is 22.4 Å². The molecule has 2 nitrogen and oxygen atoms in total. The smallest absolute Gasteiger partial charge is 0.165 e.